The molecule has 0 aromatic carbocycles. The Kier molecular flexibility index (Phi) is 4.58. The number of carbonyl (C=O) groups is 1. The Morgan fingerprint density at radius 1 is 1.43 bits per heavy atom. The highest BCUT2D eigenvalue weighted by atomic mass is 16.5. The van der Waals surface area contributed by atoms with Crippen LogP contribution in [-0.2, 0) is 0 Å². The first-order valence-electron chi connectivity index (χ1n) is 8.26. The topological polar surface area (TPSA) is 67.2 Å². The molecule has 1 aliphatic heterocycles. The van der Waals surface area contributed by atoms with E-state index >= 15 is 0 Å². The Hall–Kier alpha value is -1.36. The summed E-state index contributed by atoms with van der Waals surface area (Å²) in [5.41, 5.74) is 0.437. The van der Waals surface area contributed by atoms with Gasteiger partial charge in [-0.1, -0.05) is 18.5 Å². The largest absolute Gasteiger partial charge is 0.360 e. The summed E-state index contributed by atoms with van der Waals surface area (Å²) in [6.45, 7) is 4.27. The van der Waals surface area contributed by atoms with Crippen LogP contribution in [0.4, 0.5) is 0 Å². The zero-order chi connectivity index (χ0) is 14.7. The van der Waals surface area contributed by atoms with Crippen molar-refractivity contribution in [1.82, 2.24) is 15.8 Å². The summed E-state index contributed by atoms with van der Waals surface area (Å²) in [7, 11) is 0. The number of nitrogens with zero attached hydrogens (tertiary/aromatic N) is 1. The van der Waals surface area contributed by atoms with Crippen molar-refractivity contribution in [3.8, 4) is 0 Å². The molecule has 2 aliphatic rings. The van der Waals surface area contributed by atoms with Gasteiger partial charge in [0, 0.05) is 18.0 Å². The number of rotatable bonds is 6. The van der Waals surface area contributed by atoms with Crippen LogP contribution >= 0.6 is 0 Å². The highest BCUT2D eigenvalue weighted by molar-refractivity contribution is 5.92. The minimum Gasteiger partial charge on any atom is -0.360 e. The molecule has 116 valence electrons. The van der Waals surface area contributed by atoms with E-state index in [1.54, 1.807) is 0 Å². The molecule has 0 spiro atoms. The lowest BCUT2D eigenvalue weighted by atomic mass is 9.87. The molecule has 1 amide bonds. The minimum atomic E-state index is -0.0809. The molecule has 0 radical (unpaired) electrons. The van der Waals surface area contributed by atoms with Crippen LogP contribution in [0.2, 0.25) is 0 Å². The monoisotopic (exact) mass is 291 g/mol. The summed E-state index contributed by atoms with van der Waals surface area (Å²) in [5.74, 6) is 1.86. The lowest BCUT2D eigenvalue weighted by molar-refractivity contribution is 0.0901. The molecule has 1 aromatic heterocycles. The van der Waals surface area contributed by atoms with E-state index in [1.165, 1.54) is 0 Å². The fraction of sp³-hybridized carbons (Fsp3) is 0.750. The van der Waals surface area contributed by atoms with Crippen molar-refractivity contribution in [2.24, 2.45) is 5.92 Å². The van der Waals surface area contributed by atoms with Crippen molar-refractivity contribution in [3.63, 3.8) is 0 Å². The Morgan fingerprint density at radius 2 is 2.19 bits per heavy atom. The summed E-state index contributed by atoms with van der Waals surface area (Å²) in [6, 6.07) is 2.07. The van der Waals surface area contributed by atoms with Gasteiger partial charge in [-0.15, -0.1) is 0 Å². The van der Waals surface area contributed by atoms with Gasteiger partial charge in [0.1, 0.15) is 5.76 Å². The SMILES string of the molecule is CCCC(NC(=O)c1cc(C2CC2)on1)C1CCNCC1. The molecule has 2 heterocycles. The van der Waals surface area contributed by atoms with Gasteiger partial charge in [-0.2, -0.15) is 0 Å². The molecule has 2 fully saturated rings. The van der Waals surface area contributed by atoms with Crippen molar-refractivity contribution in [2.45, 2.75) is 57.4 Å². The van der Waals surface area contributed by atoms with Gasteiger partial charge in [-0.05, 0) is 51.1 Å². The number of amides is 1. The number of carbonyl (C=O) groups excluding carboxylic acids is 1. The van der Waals surface area contributed by atoms with E-state index in [1.807, 2.05) is 6.07 Å². The van der Waals surface area contributed by atoms with E-state index < -0.39 is 0 Å². The van der Waals surface area contributed by atoms with Crippen LogP contribution in [-0.4, -0.2) is 30.2 Å². The summed E-state index contributed by atoms with van der Waals surface area (Å²) < 4.78 is 5.28. The van der Waals surface area contributed by atoms with E-state index in [0.29, 0.717) is 17.5 Å². The van der Waals surface area contributed by atoms with Crippen molar-refractivity contribution in [1.29, 1.82) is 0 Å². The van der Waals surface area contributed by atoms with Gasteiger partial charge < -0.3 is 15.2 Å². The second kappa shape index (κ2) is 6.60. The second-order valence-corrected chi connectivity index (χ2v) is 6.34. The quantitative estimate of drug-likeness (QED) is 0.845. The normalized spacial score (nSPS) is 21.2. The number of nitrogens with one attached hydrogen (secondary N) is 2. The van der Waals surface area contributed by atoms with E-state index in [9.17, 15) is 4.79 Å². The Balaban J connectivity index is 1.61. The van der Waals surface area contributed by atoms with Crippen LogP contribution in [0.25, 0.3) is 0 Å². The van der Waals surface area contributed by atoms with E-state index in [-0.39, 0.29) is 11.9 Å². The van der Waals surface area contributed by atoms with Gasteiger partial charge in [0.15, 0.2) is 5.69 Å². The molecule has 1 unspecified atom stereocenters. The third-order valence-corrected chi connectivity index (χ3v) is 4.61. The zero-order valence-electron chi connectivity index (χ0n) is 12.7. The molecule has 1 aliphatic carbocycles. The summed E-state index contributed by atoms with van der Waals surface area (Å²) >= 11 is 0. The molecule has 2 N–H and O–H groups in total. The first-order chi connectivity index (χ1) is 10.3. The van der Waals surface area contributed by atoms with Gasteiger partial charge in [-0.3, -0.25) is 4.79 Å². The lowest BCUT2D eigenvalue weighted by Crippen LogP contribution is -2.44. The predicted molar refractivity (Wildman–Crippen MR) is 80.2 cm³/mol. The molecule has 1 aromatic rings. The summed E-state index contributed by atoms with van der Waals surface area (Å²) in [4.78, 5) is 12.4. The predicted octanol–water partition coefficient (Wildman–Crippen LogP) is 2.45. The van der Waals surface area contributed by atoms with E-state index in [2.05, 4.69) is 22.7 Å². The first kappa shape index (κ1) is 14.6. The fourth-order valence-electron chi connectivity index (χ4n) is 3.18. The van der Waals surface area contributed by atoms with Gasteiger partial charge in [0.2, 0.25) is 0 Å². The van der Waals surface area contributed by atoms with E-state index in [0.717, 1.165) is 57.4 Å². The molecule has 1 saturated heterocycles. The van der Waals surface area contributed by atoms with Crippen LogP contribution < -0.4 is 10.6 Å². The molecule has 1 atom stereocenters. The highest BCUT2D eigenvalue weighted by Gasteiger charge is 2.30. The third kappa shape index (κ3) is 3.64. The van der Waals surface area contributed by atoms with Gasteiger partial charge >= 0.3 is 0 Å². The van der Waals surface area contributed by atoms with Crippen LogP contribution in [0.1, 0.15) is 67.6 Å². The smallest absolute Gasteiger partial charge is 0.273 e. The third-order valence-electron chi connectivity index (χ3n) is 4.61. The maximum Gasteiger partial charge on any atom is 0.273 e. The molecular weight excluding hydrogens is 266 g/mol. The van der Waals surface area contributed by atoms with Gasteiger partial charge in [0.25, 0.3) is 5.91 Å². The number of aromatic nitrogens is 1. The number of hydrogen-bond acceptors (Lipinski definition) is 4. The first-order valence-corrected chi connectivity index (χ1v) is 8.26. The van der Waals surface area contributed by atoms with Crippen LogP contribution in [0, 0.1) is 5.92 Å². The minimum absolute atomic E-state index is 0.0809. The Morgan fingerprint density at radius 3 is 2.86 bits per heavy atom. The van der Waals surface area contributed by atoms with Crippen molar-refractivity contribution < 1.29 is 9.32 Å². The molecule has 5 nitrogen and oxygen atoms in total. The van der Waals surface area contributed by atoms with E-state index in [4.69, 9.17) is 4.52 Å². The molecule has 0 bridgehead atoms. The molecule has 3 rings (SSSR count). The zero-order valence-corrected chi connectivity index (χ0v) is 12.7. The standard InChI is InChI=1S/C16H25N3O2/c1-2-3-13(11-6-8-17-9-7-11)18-16(20)14-10-15(21-19-14)12-4-5-12/h10-13,17H,2-9H2,1H3,(H,18,20). The Bertz CT molecular complexity index is 476. The molecule has 21 heavy (non-hydrogen) atoms. The lowest BCUT2D eigenvalue weighted by Gasteiger charge is -2.31. The van der Waals surface area contributed by atoms with Crippen molar-refractivity contribution in [2.75, 3.05) is 13.1 Å². The highest BCUT2D eigenvalue weighted by Crippen LogP contribution is 2.40. The van der Waals surface area contributed by atoms with Crippen molar-refractivity contribution >= 4 is 5.91 Å². The van der Waals surface area contributed by atoms with Crippen LogP contribution in [0.3, 0.4) is 0 Å². The van der Waals surface area contributed by atoms with Crippen LogP contribution in [0.15, 0.2) is 10.6 Å². The summed E-state index contributed by atoms with van der Waals surface area (Å²) in [5, 5.41) is 10.5. The number of piperidine rings is 1. The maximum atomic E-state index is 12.4. The maximum absolute atomic E-state index is 12.4. The fourth-order valence-corrected chi connectivity index (χ4v) is 3.18. The average Bonchev–Trinajstić information content (AvgIpc) is 3.25. The van der Waals surface area contributed by atoms with Crippen LogP contribution in [0.5, 0.6) is 0 Å². The molecule has 1 saturated carbocycles. The van der Waals surface area contributed by atoms with Gasteiger partial charge in [0.05, 0.1) is 0 Å². The second-order valence-electron chi connectivity index (χ2n) is 6.34. The molecule has 5 heteroatoms. The summed E-state index contributed by atoms with van der Waals surface area (Å²) in [6.07, 6.45) is 6.70. The van der Waals surface area contributed by atoms with Crippen molar-refractivity contribution in [3.05, 3.63) is 17.5 Å². The van der Waals surface area contributed by atoms with Gasteiger partial charge in [-0.25, -0.2) is 0 Å². The average molecular weight is 291 g/mol. The number of hydrogen-bond donors (Lipinski definition) is 2. The molecular formula is C16H25N3O2. The Labute approximate surface area is 125 Å².